The van der Waals surface area contributed by atoms with Gasteiger partial charge in [-0.15, -0.1) is 0 Å². The topological polar surface area (TPSA) is 20.3 Å². The Morgan fingerprint density at radius 2 is 2.20 bits per heavy atom. The number of nitrogens with zero attached hydrogens (tertiary/aromatic N) is 1. The van der Waals surface area contributed by atoms with E-state index in [1.807, 2.05) is 7.05 Å². The molecule has 0 atom stereocenters. The van der Waals surface area contributed by atoms with Crippen molar-refractivity contribution in [3.8, 4) is 0 Å². The number of hydrogen-bond acceptors (Lipinski definition) is 2. The minimum Gasteiger partial charge on any atom is -0.306 e. The maximum absolute atomic E-state index is 11.7. The standard InChI is InChI=1S/C12H16ClNO/c1-3-14(2)8-7-12(15)10-5-4-6-11(13)9-10/h4-6,9H,3,7-8H2,1-2H3. The number of Topliss-reactive ketones (excluding diaryl/α,β-unsaturated/α-hetero) is 1. The van der Waals surface area contributed by atoms with Gasteiger partial charge in [0.2, 0.25) is 0 Å². The summed E-state index contributed by atoms with van der Waals surface area (Å²) in [5.74, 6) is 0.151. The number of ketones is 1. The lowest BCUT2D eigenvalue weighted by atomic mass is 10.1. The third-order valence-corrected chi connectivity index (χ3v) is 2.64. The van der Waals surface area contributed by atoms with Gasteiger partial charge in [-0.25, -0.2) is 0 Å². The molecule has 1 aromatic carbocycles. The maximum Gasteiger partial charge on any atom is 0.164 e. The van der Waals surface area contributed by atoms with Crippen LogP contribution in [0.3, 0.4) is 0 Å². The van der Waals surface area contributed by atoms with Gasteiger partial charge >= 0.3 is 0 Å². The van der Waals surface area contributed by atoms with E-state index < -0.39 is 0 Å². The molecule has 0 unspecified atom stereocenters. The first-order valence-corrected chi connectivity index (χ1v) is 5.48. The number of carbonyl (C=O) groups is 1. The zero-order chi connectivity index (χ0) is 11.3. The van der Waals surface area contributed by atoms with Crippen molar-refractivity contribution >= 4 is 17.4 Å². The first-order chi connectivity index (χ1) is 7.13. The molecule has 0 heterocycles. The fraction of sp³-hybridized carbons (Fsp3) is 0.417. The van der Waals surface area contributed by atoms with Crippen molar-refractivity contribution in [1.29, 1.82) is 0 Å². The van der Waals surface area contributed by atoms with E-state index in [9.17, 15) is 4.79 Å². The maximum atomic E-state index is 11.7. The first kappa shape index (κ1) is 12.2. The average Bonchev–Trinajstić information content (AvgIpc) is 2.25. The van der Waals surface area contributed by atoms with Crippen LogP contribution in [0.4, 0.5) is 0 Å². The van der Waals surface area contributed by atoms with Crippen molar-refractivity contribution < 1.29 is 4.79 Å². The highest BCUT2D eigenvalue weighted by atomic mass is 35.5. The van der Waals surface area contributed by atoms with Crippen LogP contribution in [-0.4, -0.2) is 30.8 Å². The monoisotopic (exact) mass is 225 g/mol. The zero-order valence-corrected chi connectivity index (χ0v) is 9.92. The number of hydrogen-bond donors (Lipinski definition) is 0. The van der Waals surface area contributed by atoms with Gasteiger partial charge < -0.3 is 4.90 Å². The van der Waals surface area contributed by atoms with Crippen molar-refractivity contribution in [2.75, 3.05) is 20.1 Å². The Labute approximate surface area is 95.8 Å². The lowest BCUT2D eigenvalue weighted by Gasteiger charge is -2.12. The normalized spacial score (nSPS) is 10.7. The Balaban J connectivity index is 2.54. The van der Waals surface area contributed by atoms with Crippen molar-refractivity contribution in [2.45, 2.75) is 13.3 Å². The second kappa shape index (κ2) is 5.89. The lowest BCUT2D eigenvalue weighted by molar-refractivity contribution is 0.0970. The molecular formula is C12H16ClNO. The van der Waals surface area contributed by atoms with Crippen molar-refractivity contribution in [3.63, 3.8) is 0 Å². The zero-order valence-electron chi connectivity index (χ0n) is 9.16. The molecule has 0 N–H and O–H groups in total. The van der Waals surface area contributed by atoms with Crippen LogP contribution in [0, 0.1) is 0 Å². The molecule has 0 aliphatic rings. The van der Waals surface area contributed by atoms with E-state index >= 15 is 0 Å². The van der Waals surface area contributed by atoms with Crippen LogP contribution in [0.1, 0.15) is 23.7 Å². The van der Waals surface area contributed by atoms with Gasteiger partial charge in [0.25, 0.3) is 0 Å². The summed E-state index contributed by atoms with van der Waals surface area (Å²) in [5, 5.41) is 0.615. The predicted molar refractivity (Wildman–Crippen MR) is 63.6 cm³/mol. The number of rotatable bonds is 5. The first-order valence-electron chi connectivity index (χ1n) is 5.10. The number of halogens is 1. The molecule has 1 aromatic rings. The number of carbonyl (C=O) groups excluding carboxylic acids is 1. The Hall–Kier alpha value is -0.860. The molecule has 82 valence electrons. The molecule has 1 rings (SSSR count). The van der Waals surface area contributed by atoms with Gasteiger partial charge in [-0.2, -0.15) is 0 Å². The molecule has 3 heteroatoms. The summed E-state index contributed by atoms with van der Waals surface area (Å²) < 4.78 is 0. The van der Waals surface area contributed by atoms with Gasteiger partial charge in [-0.1, -0.05) is 30.7 Å². The molecule has 15 heavy (non-hydrogen) atoms. The van der Waals surface area contributed by atoms with E-state index in [1.54, 1.807) is 24.3 Å². The highest BCUT2D eigenvalue weighted by Crippen LogP contribution is 2.12. The van der Waals surface area contributed by atoms with Crippen LogP contribution >= 0.6 is 11.6 Å². The Morgan fingerprint density at radius 1 is 1.47 bits per heavy atom. The van der Waals surface area contributed by atoms with Gasteiger partial charge in [0.05, 0.1) is 0 Å². The lowest BCUT2D eigenvalue weighted by Crippen LogP contribution is -2.21. The summed E-state index contributed by atoms with van der Waals surface area (Å²) in [7, 11) is 2.01. The third-order valence-electron chi connectivity index (χ3n) is 2.41. The minimum absolute atomic E-state index is 0.151. The predicted octanol–water partition coefficient (Wildman–Crippen LogP) is 2.86. The largest absolute Gasteiger partial charge is 0.306 e. The molecule has 0 saturated heterocycles. The van der Waals surface area contributed by atoms with E-state index in [0.717, 1.165) is 13.1 Å². The van der Waals surface area contributed by atoms with Crippen LogP contribution < -0.4 is 0 Å². The molecule has 0 spiro atoms. The van der Waals surface area contributed by atoms with Gasteiger partial charge in [0, 0.05) is 23.6 Å². The van der Waals surface area contributed by atoms with Crippen LogP contribution in [0.25, 0.3) is 0 Å². The average molecular weight is 226 g/mol. The Kier molecular flexibility index (Phi) is 4.79. The Bertz CT molecular complexity index is 338. The molecule has 0 bridgehead atoms. The molecule has 0 amide bonds. The van der Waals surface area contributed by atoms with E-state index in [2.05, 4.69) is 11.8 Å². The van der Waals surface area contributed by atoms with Crippen molar-refractivity contribution in [2.24, 2.45) is 0 Å². The van der Waals surface area contributed by atoms with Crippen LogP contribution in [0.15, 0.2) is 24.3 Å². The molecule has 0 saturated carbocycles. The molecule has 0 aliphatic carbocycles. The Morgan fingerprint density at radius 3 is 2.80 bits per heavy atom. The fourth-order valence-corrected chi connectivity index (χ4v) is 1.45. The van der Waals surface area contributed by atoms with E-state index in [-0.39, 0.29) is 5.78 Å². The van der Waals surface area contributed by atoms with Gasteiger partial charge in [-0.05, 0) is 25.7 Å². The molecule has 0 aromatic heterocycles. The quantitative estimate of drug-likeness (QED) is 0.719. The van der Waals surface area contributed by atoms with Gasteiger partial charge in [0.15, 0.2) is 5.78 Å². The van der Waals surface area contributed by atoms with E-state index in [4.69, 9.17) is 11.6 Å². The summed E-state index contributed by atoms with van der Waals surface area (Å²) in [6.45, 7) is 3.83. The van der Waals surface area contributed by atoms with Gasteiger partial charge in [0.1, 0.15) is 0 Å². The summed E-state index contributed by atoms with van der Waals surface area (Å²) in [6.07, 6.45) is 0.546. The molecule has 0 radical (unpaired) electrons. The smallest absolute Gasteiger partial charge is 0.164 e. The second-order valence-electron chi connectivity index (χ2n) is 3.58. The van der Waals surface area contributed by atoms with E-state index in [1.165, 1.54) is 0 Å². The SMILES string of the molecule is CCN(C)CCC(=O)c1cccc(Cl)c1. The highest BCUT2D eigenvalue weighted by molar-refractivity contribution is 6.31. The molecular weight excluding hydrogens is 210 g/mol. The second-order valence-corrected chi connectivity index (χ2v) is 4.02. The number of benzene rings is 1. The van der Waals surface area contributed by atoms with Crippen molar-refractivity contribution in [1.82, 2.24) is 4.90 Å². The van der Waals surface area contributed by atoms with Crippen LogP contribution in [0.2, 0.25) is 5.02 Å². The fourth-order valence-electron chi connectivity index (χ4n) is 1.26. The minimum atomic E-state index is 0.151. The summed E-state index contributed by atoms with van der Waals surface area (Å²) in [5.41, 5.74) is 0.701. The van der Waals surface area contributed by atoms with Crippen LogP contribution in [-0.2, 0) is 0 Å². The highest BCUT2D eigenvalue weighted by Gasteiger charge is 2.06. The molecule has 2 nitrogen and oxygen atoms in total. The summed E-state index contributed by atoms with van der Waals surface area (Å²) >= 11 is 5.82. The third kappa shape index (κ3) is 4.02. The summed E-state index contributed by atoms with van der Waals surface area (Å²) in [6, 6.07) is 7.10. The van der Waals surface area contributed by atoms with Crippen molar-refractivity contribution in [3.05, 3.63) is 34.9 Å². The molecule has 0 fully saturated rings. The van der Waals surface area contributed by atoms with Gasteiger partial charge in [-0.3, -0.25) is 4.79 Å². The van der Waals surface area contributed by atoms with Crippen LogP contribution in [0.5, 0.6) is 0 Å². The summed E-state index contributed by atoms with van der Waals surface area (Å²) in [4.78, 5) is 13.8. The molecule has 0 aliphatic heterocycles. The van der Waals surface area contributed by atoms with E-state index in [0.29, 0.717) is 17.0 Å².